The van der Waals surface area contributed by atoms with E-state index in [-0.39, 0.29) is 11.5 Å². The number of fused-ring (bicyclic) bond motifs is 1. The molecule has 7 heteroatoms. The molecule has 35 heavy (non-hydrogen) atoms. The van der Waals surface area contributed by atoms with Gasteiger partial charge in [-0.15, -0.1) is 0 Å². The zero-order chi connectivity index (χ0) is 24.9. The summed E-state index contributed by atoms with van der Waals surface area (Å²) in [5.41, 5.74) is 4.83. The number of imidazole rings is 1. The van der Waals surface area contributed by atoms with Crippen molar-refractivity contribution < 1.29 is 24.2 Å². The van der Waals surface area contributed by atoms with Crippen LogP contribution in [0.2, 0.25) is 0 Å². The summed E-state index contributed by atoms with van der Waals surface area (Å²) in [5.74, 6) is -0.776. The number of hydrogen-bond donors (Lipinski definition) is 1. The fourth-order valence-corrected chi connectivity index (χ4v) is 4.08. The second-order valence-electron chi connectivity index (χ2n) is 8.24. The third-order valence-electron chi connectivity index (χ3n) is 5.76. The molecule has 2 aromatic heterocycles. The van der Waals surface area contributed by atoms with Crippen LogP contribution in [0.25, 0.3) is 16.8 Å². The number of aryl methyl sites for hydroxylation is 1. The topological polar surface area (TPSA) is 90.1 Å². The quantitative estimate of drug-likeness (QED) is 0.308. The summed E-state index contributed by atoms with van der Waals surface area (Å²) in [5, 5.41) is 9.55. The predicted octanol–water partition coefficient (Wildman–Crippen LogP) is 5.84. The lowest BCUT2D eigenvalue weighted by molar-refractivity contribution is -0.147. The van der Waals surface area contributed by atoms with E-state index in [2.05, 4.69) is 4.98 Å². The van der Waals surface area contributed by atoms with Gasteiger partial charge in [-0.2, -0.15) is 4.98 Å². The van der Waals surface area contributed by atoms with E-state index in [4.69, 9.17) is 9.47 Å². The Bertz CT molecular complexity index is 1360. The maximum absolute atomic E-state index is 12.6. The van der Waals surface area contributed by atoms with Crippen LogP contribution < -0.4 is 4.74 Å². The number of rotatable bonds is 9. The minimum absolute atomic E-state index is 0.230. The average Bonchev–Trinajstić information content (AvgIpc) is 3.28. The molecular formula is C28H28N2O5. The lowest BCUT2D eigenvalue weighted by Crippen LogP contribution is -2.15. The van der Waals surface area contributed by atoms with Crippen molar-refractivity contribution in [1.29, 1.82) is 0 Å². The minimum Gasteiger partial charge on any atom is -0.478 e. The molecule has 0 spiro atoms. The van der Waals surface area contributed by atoms with Gasteiger partial charge >= 0.3 is 11.9 Å². The van der Waals surface area contributed by atoms with Gasteiger partial charge in [0.05, 0.1) is 24.1 Å². The highest BCUT2D eigenvalue weighted by Crippen LogP contribution is 2.32. The number of carbonyl (C=O) groups excluding carboxylic acids is 1. The maximum Gasteiger partial charge on any atom is 0.336 e. The monoisotopic (exact) mass is 472 g/mol. The lowest BCUT2D eigenvalue weighted by atomic mass is 9.96. The van der Waals surface area contributed by atoms with Gasteiger partial charge in [0.25, 0.3) is 0 Å². The number of carboxylic acids is 1. The van der Waals surface area contributed by atoms with Crippen LogP contribution in [-0.4, -0.2) is 33.0 Å². The lowest BCUT2D eigenvalue weighted by Gasteiger charge is -2.21. The van der Waals surface area contributed by atoms with E-state index in [1.165, 1.54) is 0 Å². The normalized spacial score (nSPS) is 11.9. The Morgan fingerprint density at radius 3 is 2.46 bits per heavy atom. The third-order valence-corrected chi connectivity index (χ3v) is 5.76. The molecule has 7 nitrogen and oxygen atoms in total. The molecule has 0 fully saturated rings. The number of pyridine rings is 1. The first-order valence-corrected chi connectivity index (χ1v) is 11.7. The molecule has 0 saturated heterocycles. The minimum atomic E-state index is -0.983. The number of aromatic nitrogens is 2. The second kappa shape index (κ2) is 10.4. The van der Waals surface area contributed by atoms with Crippen molar-refractivity contribution in [2.24, 2.45) is 0 Å². The van der Waals surface area contributed by atoms with Gasteiger partial charge in [0.1, 0.15) is 5.65 Å². The number of esters is 1. The van der Waals surface area contributed by atoms with Crippen molar-refractivity contribution >= 4 is 17.6 Å². The number of aromatic carboxylic acids is 1. The van der Waals surface area contributed by atoms with Crippen molar-refractivity contribution in [3.63, 3.8) is 0 Å². The molecule has 1 unspecified atom stereocenters. The van der Waals surface area contributed by atoms with E-state index in [0.29, 0.717) is 30.9 Å². The summed E-state index contributed by atoms with van der Waals surface area (Å²) >= 11 is 0. The van der Waals surface area contributed by atoms with Crippen LogP contribution in [0.4, 0.5) is 0 Å². The molecule has 4 rings (SSSR count). The Morgan fingerprint density at radius 1 is 1.03 bits per heavy atom. The van der Waals surface area contributed by atoms with Crippen LogP contribution in [0.5, 0.6) is 5.88 Å². The van der Waals surface area contributed by atoms with Gasteiger partial charge in [-0.05, 0) is 54.7 Å². The molecule has 4 aromatic rings. The van der Waals surface area contributed by atoms with Gasteiger partial charge in [-0.3, -0.25) is 9.20 Å². The van der Waals surface area contributed by atoms with Crippen molar-refractivity contribution in [3.8, 4) is 17.0 Å². The molecule has 180 valence electrons. The average molecular weight is 473 g/mol. The van der Waals surface area contributed by atoms with E-state index in [9.17, 15) is 14.7 Å². The first kappa shape index (κ1) is 24.0. The first-order chi connectivity index (χ1) is 16.9. The predicted molar refractivity (Wildman–Crippen MR) is 133 cm³/mol. The fourth-order valence-electron chi connectivity index (χ4n) is 4.08. The van der Waals surface area contributed by atoms with Crippen LogP contribution in [0, 0.1) is 6.92 Å². The van der Waals surface area contributed by atoms with Gasteiger partial charge in [0.2, 0.25) is 5.88 Å². The maximum atomic E-state index is 12.6. The summed E-state index contributed by atoms with van der Waals surface area (Å²) < 4.78 is 13.5. The van der Waals surface area contributed by atoms with Gasteiger partial charge in [-0.25, -0.2) is 4.79 Å². The standard InChI is InChI=1S/C28H28N2O5/c1-4-8-25(31)35-26(23-16-11-18(3)27-29-24(34-5-2)17-30(23)27)20-14-12-19(13-15-20)21-9-6-7-10-22(21)28(32)33/h6-7,9-17,26H,4-5,8H2,1-3H3,(H,32,33). The molecule has 0 bridgehead atoms. The van der Waals surface area contributed by atoms with E-state index < -0.39 is 12.1 Å². The van der Waals surface area contributed by atoms with Crippen LogP contribution >= 0.6 is 0 Å². The van der Waals surface area contributed by atoms with E-state index in [1.54, 1.807) is 24.4 Å². The van der Waals surface area contributed by atoms with Gasteiger partial charge in [0, 0.05) is 6.42 Å². The second-order valence-corrected chi connectivity index (χ2v) is 8.24. The van der Waals surface area contributed by atoms with Gasteiger partial charge in [0.15, 0.2) is 6.10 Å². The Kier molecular flexibility index (Phi) is 7.15. The first-order valence-electron chi connectivity index (χ1n) is 11.7. The molecule has 0 aliphatic rings. The molecular weight excluding hydrogens is 444 g/mol. The van der Waals surface area contributed by atoms with Crippen LogP contribution in [-0.2, 0) is 9.53 Å². The molecule has 0 radical (unpaired) electrons. The molecule has 0 aliphatic heterocycles. The number of carbonyl (C=O) groups is 2. The Hall–Kier alpha value is -4.13. The Balaban J connectivity index is 1.79. The van der Waals surface area contributed by atoms with Gasteiger partial charge in [-0.1, -0.05) is 55.5 Å². The van der Waals surface area contributed by atoms with E-state index in [0.717, 1.165) is 28.0 Å². The number of ether oxygens (including phenoxy) is 2. The summed E-state index contributed by atoms with van der Waals surface area (Å²) in [6.07, 6.45) is 2.12. The van der Waals surface area contributed by atoms with Crippen molar-refractivity contribution in [1.82, 2.24) is 9.38 Å². The van der Waals surface area contributed by atoms with E-state index >= 15 is 0 Å². The molecule has 2 heterocycles. The Labute approximate surface area is 204 Å². The largest absolute Gasteiger partial charge is 0.478 e. The molecule has 1 N–H and O–H groups in total. The zero-order valence-corrected chi connectivity index (χ0v) is 20.0. The van der Waals surface area contributed by atoms with Crippen LogP contribution in [0.3, 0.4) is 0 Å². The number of nitrogens with zero attached hydrogens (tertiary/aromatic N) is 2. The highest BCUT2D eigenvalue weighted by atomic mass is 16.5. The molecule has 2 aromatic carbocycles. The number of hydrogen-bond acceptors (Lipinski definition) is 5. The summed E-state index contributed by atoms with van der Waals surface area (Å²) in [6, 6.07) is 18.2. The van der Waals surface area contributed by atoms with Crippen LogP contribution in [0.1, 0.15) is 60.0 Å². The SMILES string of the molecule is CCCC(=O)OC(c1ccc(-c2ccccc2C(=O)O)cc1)c1ccc(C)c2nc(OCC)cn12. The molecule has 1 atom stereocenters. The summed E-state index contributed by atoms with van der Waals surface area (Å²) in [7, 11) is 0. The van der Waals surface area contributed by atoms with E-state index in [1.807, 2.05) is 67.6 Å². The highest BCUT2D eigenvalue weighted by Gasteiger charge is 2.23. The molecule has 0 amide bonds. The summed E-state index contributed by atoms with van der Waals surface area (Å²) in [4.78, 5) is 28.8. The Morgan fingerprint density at radius 2 is 1.77 bits per heavy atom. The number of benzene rings is 2. The van der Waals surface area contributed by atoms with Crippen molar-refractivity contribution in [3.05, 3.63) is 89.2 Å². The van der Waals surface area contributed by atoms with Gasteiger partial charge < -0.3 is 14.6 Å². The molecule has 0 saturated carbocycles. The zero-order valence-electron chi connectivity index (χ0n) is 20.0. The summed E-state index contributed by atoms with van der Waals surface area (Å²) in [6.45, 7) is 6.29. The van der Waals surface area contributed by atoms with Crippen LogP contribution in [0.15, 0.2) is 66.9 Å². The third kappa shape index (κ3) is 5.04. The fraction of sp³-hybridized carbons (Fsp3) is 0.250. The van der Waals surface area contributed by atoms with Crippen molar-refractivity contribution in [2.45, 2.75) is 39.7 Å². The van der Waals surface area contributed by atoms with Crippen molar-refractivity contribution in [2.75, 3.05) is 6.61 Å². The molecule has 0 aliphatic carbocycles. The number of carboxylic acid groups (broad SMARTS) is 1. The highest BCUT2D eigenvalue weighted by molar-refractivity contribution is 5.96. The smallest absolute Gasteiger partial charge is 0.336 e.